The number of rotatable bonds is 4. The van der Waals surface area contributed by atoms with Crippen molar-refractivity contribution in [1.29, 1.82) is 0 Å². The van der Waals surface area contributed by atoms with Gasteiger partial charge in [0.15, 0.2) is 0 Å². The molecule has 0 aliphatic carbocycles. The summed E-state index contributed by atoms with van der Waals surface area (Å²) in [5.41, 5.74) is 0.790. The predicted molar refractivity (Wildman–Crippen MR) is 75.9 cm³/mol. The molecule has 7 nitrogen and oxygen atoms in total. The number of aliphatic carboxylic acids is 1. The zero-order chi connectivity index (χ0) is 15.2. The number of anilines is 1. The van der Waals surface area contributed by atoms with Crippen LogP contribution in [0.2, 0.25) is 0 Å². The second kappa shape index (κ2) is 6.29. The van der Waals surface area contributed by atoms with Crippen LogP contribution in [0, 0.1) is 0 Å². The summed E-state index contributed by atoms with van der Waals surface area (Å²) in [6.07, 6.45) is 4.65. The van der Waals surface area contributed by atoms with Gasteiger partial charge in [-0.15, -0.1) is 0 Å². The lowest BCUT2D eigenvalue weighted by atomic mass is 10.2. The van der Waals surface area contributed by atoms with E-state index < -0.39 is 17.4 Å². The lowest BCUT2D eigenvalue weighted by molar-refractivity contribution is -0.131. The van der Waals surface area contributed by atoms with Gasteiger partial charge in [-0.2, -0.15) is 0 Å². The summed E-state index contributed by atoms with van der Waals surface area (Å²) in [5.74, 6) is -1.53. The minimum atomic E-state index is -1.05. The van der Waals surface area contributed by atoms with Gasteiger partial charge in [0.2, 0.25) is 0 Å². The maximum absolute atomic E-state index is 11.9. The van der Waals surface area contributed by atoms with E-state index in [9.17, 15) is 14.4 Å². The van der Waals surface area contributed by atoms with E-state index in [1.807, 2.05) is 0 Å². The van der Waals surface area contributed by atoms with E-state index in [2.05, 4.69) is 15.3 Å². The van der Waals surface area contributed by atoms with Crippen molar-refractivity contribution in [2.45, 2.75) is 0 Å². The number of hydrogen-bond donors (Lipinski definition) is 3. The number of aromatic amines is 1. The van der Waals surface area contributed by atoms with Crippen LogP contribution in [0.4, 0.5) is 5.69 Å². The Labute approximate surface area is 119 Å². The van der Waals surface area contributed by atoms with Crippen molar-refractivity contribution in [2.75, 3.05) is 5.32 Å². The summed E-state index contributed by atoms with van der Waals surface area (Å²) in [7, 11) is 0. The Morgan fingerprint density at radius 3 is 2.81 bits per heavy atom. The molecule has 0 aliphatic heterocycles. The van der Waals surface area contributed by atoms with Crippen LogP contribution < -0.4 is 10.9 Å². The normalized spacial score (nSPS) is 10.5. The highest BCUT2D eigenvalue weighted by Gasteiger charge is 2.07. The predicted octanol–water partition coefficient (Wildman–Crippen LogP) is 1.12. The minimum absolute atomic E-state index is 0.0704. The van der Waals surface area contributed by atoms with Crippen LogP contribution in [-0.4, -0.2) is 27.0 Å². The molecule has 7 heteroatoms. The summed E-state index contributed by atoms with van der Waals surface area (Å²) in [4.78, 5) is 39.3. The van der Waals surface area contributed by atoms with Gasteiger partial charge in [-0.05, 0) is 23.8 Å². The fraction of sp³-hybridized carbons (Fsp3) is 0. The average molecular weight is 285 g/mol. The summed E-state index contributed by atoms with van der Waals surface area (Å²) in [6.45, 7) is 0. The number of carbonyl (C=O) groups excluding carboxylic acids is 1. The number of H-pyrrole nitrogens is 1. The number of carboxylic acid groups (broad SMARTS) is 1. The molecule has 0 spiro atoms. The first-order valence-corrected chi connectivity index (χ1v) is 5.92. The molecular formula is C14H11N3O4. The Kier molecular flexibility index (Phi) is 4.25. The van der Waals surface area contributed by atoms with Gasteiger partial charge in [0, 0.05) is 18.0 Å². The van der Waals surface area contributed by atoms with Gasteiger partial charge in [-0.1, -0.05) is 12.1 Å². The number of hydrogen-bond acceptors (Lipinski definition) is 4. The number of aromatic nitrogens is 2. The van der Waals surface area contributed by atoms with Crippen LogP contribution in [0.15, 0.2) is 47.5 Å². The minimum Gasteiger partial charge on any atom is -0.478 e. The third kappa shape index (κ3) is 4.13. The van der Waals surface area contributed by atoms with Crippen molar-refractivity contribution in [1.82, 2.24) is 9.97 Å². The molecule has 0 unspecified atom stereocenters. The third-order valence-electron chi connectivity index (χ3n) is 2.47. The fourth-order valence-electron chi connectivity index (χ4n) is 1.55. The van der Waals surface area contributed by atoms with E-state index in [4.69, 9.17) is 5.11 Å². The van der Waals surface area contributed by atoms with Gasteiger partial charge in [0.05, 0.1) is 6.20 Å². The van der Waals surface area contributed by atoms with Crippen LogP contribution >= 0.6 is 0 Å². The van der Waals surface area contributed by atoms with Crippen molar-refractivity contribution in [3.63, 3.8) is 0 Å². The van der Waals surface area contributed by atoms with E-state index in [-0.39, 0.29) is 5.69 Å². The van der Waals surface area contributed by atoms with Crippen molar-refractivity contribution < 1.29 is 14.7 Å². The largest absolute Gasteiger partial charge is 0.478 e. The molecule has 0 saturated carbocycles. The third-order valence-corrected chi connectivity index (χ3v) is 2.47. The molecule has 1 amide bonds. The zero-order valence-electron chi connectivity index (χ0n) is 10.7. The zero-order valence-corrected chi connectivity index (χ0v) is 10.7. The van der Waals surface area contributed by atoms with Crippen LogP contribution in [-0.2, 0) is 4.79 Å². The SMILES string of the molecule is O=C(O)C=Cc1cccc(NC(=O)c2c[nH]c(=O)cn2)c1. The van der Waals surface area contributed by atoms with Gasteiger partial charge in [0.1, 0.15) is 5.69 Å². The van der Waals surface area contributed by atoms with Crippen molar-refractivity contribution in [3.05, 3.63) is 64.3 Å². The Morgan fingerprint density at radius 1 is 1.33 bits per heavy atom. The van der Waals surface area contributed by atoms with E-state index >= 15 is 0 Å². The lowest BCUT2D eigenvalue weighted by Gasteiger charge is -2.05. The first-order chi connectivity index (χ1) is 10.0. The van der Waals surface area contributed by atoms with Gasteiger partial charge in [-0.3, -0.25) is 9.59 Å². The fourth-order valence-corrected chi connectivity index (χ4v) is 1.55. The van der Waals surface area contributed by atoms with Gasteiger partial charge in [-0.25, -0.2) is 9.78 Å². The van der Waals surface area contributed by atoms with Crippen molar-refractivity contribution >= 4 is 23.6 Å². The molecule has 0 bridgehead atoms. The van der Waals surface area contributed by atoms with E-state index in [0.29, 0.717) is 11.3 Å². The van der Waals surface area contributed by atoms with E-state index in [0.717, 1.165) is 12.3 Å². The van der Waals surface area contributed by atoms with E-state index in [1.54, 1.807) is 24.3 Å². The second-order valence-electron chi connectivity index (χ2n) is 4.05. The molecule has 1 aromatic carbocycles. The van der Waals surface area contributed by atoms with Crippen LogP contribution in [0.25, 0.3) is 6.08 Å². The molecule has 106 valence electrons. The van der Waals surface area contributed by atoms with Gasteiger partial charge in [0.25, 0.3) is 11.5 Å². The molecular weight excluding hydrogens is 274 g/mol. The number of nitrogens with zero attached hydrogens (tertiary/aromatic N) is 1. The molecule has 2 rings (SSSR count). The molecule has 0 radical (unpaired) electrons. The molecule has 0 atom stereocenters. The molecule has 3 N–H and O–H groups in total. The smallest absolute Gasteiger partial charge is 0.328 e. The summed E-state index contributed by atoms with van der Waals surface area (Å²) in [6, 6.07) is 6.65. The first kappa shape index (κ1) is 14.2. The maximum Gasteiger partial charge on any atom is 0.328 e. The van der Waals surface area contributed by atoms with E-state index in [1.165, 1.54) is 12.3 Å². The number of carbonyl (C=O) groups is 2. The highest BCUT2D eigenvalue weighted by molar-refractivity contribution is 6.02. The second-order valence-corrected chi connectivity index (χ2v) is 4.05. The summed E-state index contributed by atoms with van der Waals surface area (Å²) < 4.78 is 0. The standard InChI is InChI=1S/C14H11N3O4/c18-12-8-15-11(7-16-12)14(21)17-10-3-1-2-9(6-10)4-5-13(19)20/h1-8H,(H,16,18)(H,17,21)(H,19,20). The molecule has 0 fully saturated rings. The highest BCUT2D eigenvalue weighted by atomic mass is 16.4. The highest BCUT2D eigenvalue weighted by Crippen LogP contribution is 2.12. The monoisotopic (exact) mass is 285 g/mol. The van der Waals surface area contributed by atoms with Gasteiger partial charge < -0.3 is 15.4 Å². The average Bonchev–Trinajstić information content (AvgIpc) is 2.46. The number of benzene rings is 1. The number of carboxylic acids is 1. The number of amides is 1. The first-order valence-electron chi connectivity index (χ1n) is 5.92. The van der Waals surface area contributed by atoms with Crippen LogP contribution in [0.5, 0.6) is 0 Å². The molecule has 0 aliphatic rings. The summed E-state index contributed by atoms with van der Waals surface area (Å²) in [5, 5.41) is 11.2. The molecule has 2 aromatic rings. The topological polar surface area (TPSA) is 112 Å². The van der Waals surface area contributed by atoms with Gasteiger partial charge >= 0.3 is 5.97 Å². The maximum atomic E-state index is 11.9. The molecule has 1 heterocycles. The Bertz CT molecular complexity index is 744. The Morgan fingerprint density at radius 2 is 2.14 bits per heavy atom. The Balaban J connectivity index is 2.14. The Hall–Kier alpha value is -3.22. The van der Waals surface area contributed by atoms with Crippen LogP contribution in [0.3, 0.4) is 0 Å². The molecule has 1 aromatic heterocycles. The molecule has 0 saturated heterocycles. The van der Waals surface area contributed by atoms with Crippen LogP contribution in [0.1, 0.15) is 16.1 Å². The summed E-state index contributed by atoms with van der Waals surface area (Å²) >= 11 is 0. The molecule has 21 heavy (non-hydrogen) atoms. The van der Waals surface area contributed by atoms with Crippen molar-refractivity contribution in [2.24, 2.45) is 0 Å². The van der Waals surface area contributed by atoms with Crippen molar-refractivity contribution in [3.8, 4) is 0 Å². The lowest BCUT2D eigenvalue weighted by Crippen LogP contribution is -2.16. The quantitative estimate of drug-likeness (QED) is 0.729. The number of nitrogens with one attached hydrogen (secondary N) is 2.